The van der Waals surface area contributed by atoms with Crippen molar-refractivity contribution in [1.29, 1.82) is 0 Å². The second-order valence-electron chi connectivity index (χ2n) is 2.33. The van der Waals surface area contributed by atoms with E-state index >= 15 is 0 Å². The fourth-order valence-electron chi connectivity index (χ4n) is 0.997. The zero-order valence-corrected chi connectivity index (χ0v) is 8.81. The summed E-state index contributed by atoms with van der Waals surface area (Å²) in [4.78, 5) is 0. The van der Waals surface area contributed by atoms with E-state index in [1.807, 2.05) is 0 Å². The fraction of sp³-hybridized carbons (Fsp3) is 0.250. The molecule has 0 amide bonds. The molecule has 0 aromatic heterocycles. The van der Waals surface area contributed by atoms with Gasteiger partial charge >= 0.3 is 0 Å². The maximum absolute atomic E-state index is 13.1. The smallest absolute Gasteiger partial charge is 0.172 e. The summed E-state index contributed by atoms with van der Waals surface area (Å²) in [5.41, 5.74) is 5.74. The Morgan fingerprint density at radius 3 is 2.31 bits per heavy atom. The topological polar surface area (TPSA) is 44.5 Å². The van der Waals surface area contributed by atoms with Crippen molar-refractivity contribution in [1.82, 2.24) is 0 Å². The first-order chi connectivity index (χ1) is 6.11. The van der Waals surface area contributed by atoms with Gasteiger partial charge in [0.05, 0.1) is 19.9 Å². The number of nitrogens with two attached hydrogens (primary N) is 1. The SMILES string of the molecule is COc1c(N)cc(F)c(OC)c1Br. The third kappa shape index (κ3) is 1.70. The van der Waals surface area contributed by atoms with Crippen LogP contribution in [0.3, 0.4) is 0 Å². The summed E-state index contributed by atoms with van der Waals surface area (Å²) in [5, 5.41) is 0. The van der Waals surface area contributed by atoms with Crippen LogP contribution in [0, 0.1) is 5.82 Å². The summed E-state index contributed by atoms with van der Waals surface area (Å²) >= 11 is 3.13. The van der Waals surface area contributed by atoms with Crippen LogP contribution in [0.1, 0.15) is 0 Å². The Morgan fingerprint density at radius 1 is 1.31 bits per heavy atom. The van der Waals surface area contributed by atoms with Gasteiger partial charge in [0, 0.05) is 6.07 Å². The van der Waals surface area contributed by atoms with Gasteiger partial charge in [-0.05, 0) is 15.9 Å². The molecule has 0 radical (unpaired) electrons. The molecule has 0 aliphatic carbocycles. The molecule has 0 saturated heterocycles. The molecule has 1 rings (SSSR count). The molecule has 0 bridgehead atoms. The Morgan fingerprint density at radius 2 is 1.85 bits per heavy atom. The molecule has 13 heavy (non-hydrogen) atoms. The maximum Gasteiger partial charge on any atom is 0.172 e. The van der Waals surface area contributed by atoms with Gasteiger partial charge in [-0.1, -0.05) is 0 Å². The molecule has 2 N–H and O–H groups in total. The minimum atomic E-state index is -0.521. The summed E-state index contributed by atoms with van der Waals surface area (Å²) in [6.07, 6.45) is 0. The normalized spacial score (nSPS) is 9.85. The van der Waals surface area contributed by atoms with E-state index in [-0.39, 0.29) is 11.4 Å². The Hall–Kier alpha value is -0.970. The highest BCUT2D eigenvalue weighted by Gasteiger charge is 2.15. The Balaban J connectivity index is 3.39. The average molecular weight is 250 g/mol. The molecule has 0 aliphatic rings. The van der Waals surface area contributed by atoms with E-state index in [9.17, 15) is 4.39 Å². The first-order valence-corrected chi connectivity index (χ1v) is 4.26. The minimum Gasteiger partial charge on any atom is -0.493 e. The number of hydrogen-bond donors (Lipinski definition) is 1. The molecule has 3 nitrogen and oxygen atoms in total. The largest absolute Gasteiger partial charge is 0.493 e. The van der Waals surface area contributed by atoms with Crippen LogP contribution < -0.4 is 15.2 Å². The van der Waals surface area contributed by atoms with Crippen LogP contribution in [0.4, 0.5) is 10.1 Å². The van der Waals surface area contributed by atoms with E-state index in [1.165, 1.54) is 14.2 Å². The van der Waals surface area contributed by atoms with E-state index in [0.717, 1.165) is 6.07 Å². The quantitative estimate of drug-likeness (QED) is 0.818. The van der Waals surface area contributed by atoms with Crippen molar-refractivity contribution in [2.24, 2.45) is 0 Å². The zero-order valence-electron chi connectivity index (χ0n) is 7.23. The molecule has 1 aromatic rings. The lowest BCUT2D eigenvalue weighted by molar-refractivity contribution is 0.370. The Bertz CT molecular complexity index is 302. The third-order valence-electron chi connectivity index (χ3n) is 1.57. The number of halogens is 2. The minimum absolute atomic E-state index is 0.0889. The number of rotatable bonds is 2. The van der Waals surface area contributed by atoms with Gasteiger partial charge in [-0.25, -0.2) is 4.39 Å². The van der Waals surface area contributed by atoms with Gasteiger partial charge in [-0.15, -0.1) is 0 Å². The molecule has 0 fully saturated rings. The predicted octanol–water partition coefficient (Wildman–Crippen LogP) is 2.19. The number of nitrogen functional groups attached to an aromatic ring is 1. The van der Waals surface area contributed by atoms with Gasteiger partial charge in [0.25, 0.3) is 0 Å². The highest BCUT2D eigenvalue weighted by atomic mass is 79.9. The Kier molecular flexibility index (Phi) is 2.98. The van der Waals surface area contributed by atoms with Crippen molar-refractivity contribution in [3.05, 3.63) is 16.4 Å². The van der Waals surface area contributed by atoms with Crippen LogP contribution in [0.2, 0.25) is 0 Å². The summed E-state index contributed by atoms with van der Waals surface area (Å²) in [5.74, 6) is -0.0584. The second kappa shape index (κ2) is 3.83. The van der Waals surface area contributed by atoms with E-state index in [2.05, 4.69) is 15.9 Å². The molecule has 0 unspecified atom stereocenters. The summed E-state index contributed by atoms with van der Waals surface area (Å²) in [6, 6.07) is 1.16. The van der Waals surface area contributed by atoms with Gasteiger partial charge in [-0.3, -0.25) is 0 Å². The number of anilines is 1. The molecular formula is C8H9BrFNO2. The van der Waals surface area contributed by atoms with Crippen LogP contribution in [0.25, 0.3) is 0 Å². The monoisotopic (exact) mass is 249 g/mol. The zero-order chi connectivity index (χ0) is 10.0. The molecule has 0 atom stereocenters. The van der Waals surface area contributed by atoms with Crippen LogP contribution >= 0.6 is 15.9 Å². The van der Waals surface area contributed by atoms with E-state index in [1.54, 1.807) is 0 Å². The molecule has 5 heteroatoms. The standard InChI is InChI=1S/C8H9BrFNO2/c1-12-7-4(10)3-5(11)8(13-2)6(7)9/h3H,11H2,1-2H3. The maximum atomic E-state index is 13.1. The van der Waals surface area contributed by atoms with E-state index in [4.69, 9.17) is 15.2 Å². The third-order valence-corrected chi connectivity index (χ3v) is 2.29. The number of methoxy groups -OCH3 is 2. The number of ether oxygens (including phenoxy) is 2. The van der Waals surface area contributed by atoms with Gasteiger partial charge < -0.3 is 15.2 Å². The van der Waals surface area contributed by atoms with Crippen LogP contribution in [0.15, 0.2) is 10.5 Å². The number of hydrogen-bond acceptors (Lipinski definition) is 3. The molecule has 0 aliphatic heterocycles. The summed E-state index contributed by atoms with van der Waals surface area (Å²) < 4.78 is 23.3. The predicted molar refractivity (Wildman–Crippen MR) is 51.6 cm³/mol. The van der Waals surface area contributed by atoms with Crippen molar-refractivity contribution in [3.63, 3.8) is 0 Å². The molecule has 72 valence electrons. The molecule has 1 aromatic carbocycles. The second-order valence-corrected chi connectivity index (χ2v) is 3.12. The van der Waals surface area contributed by atoms with Crippen molar-refractivity contribution < 1.29 is 13.9 Å². The van der Waals surface area contributed by atoms with Crippen molar-refractivity contribution >= 4 is 21.6 Å². The van der Waals surface area contributed by atoms with E-state index < -0.39 is 5.82 Å². The summed E-state index contributed by atoms with van der Waals surface area (Å²) in [7, 11) is 2.83. The Labute approximate surface area is 83.8 Å². The highest BCUT2D eigenvalue weighted by Crippen LogP contribution is 2.40. The van der Waals surface area contributed by atoms with Gasteiger partial charge in [0.15, 0.2) is 17.3 Å². The van der Waals surface area contributed by atoms with Gasteiger partial charge in [0.2, 0.25) is 0 Å². The fourth-order valence-corrected chi connectivity index (χ4v) is 1.74. The van der Waals surface area contributed by atoms with Crippen molar-refractivity contribution in [3.8, 4) is 11.5 Å². The lowest BCUT2D eigenvalue weighted by Crippen LogP contribution is -1.98. The molecule has 0 heterocycles. The van der Waals surface area contributed by atoms with Crippen LogP contribution in [0.5, 0.6) is 11.5 Å². The first-order valence-electron chi connectivity index (χ1n) is 3.47. The van der Waals surface area contributed by atoms with Crippen LogP contribution in [-0.4, -0.2) is 14.2 Å². The lowest BCUT2D eigenvalue weighted by Gasteiger charge is -2.11. The molecular weight excluding hydrogens is 241 g/mol. The highest BCUT2D eigenvalue weighted by molar-refractivity contribution is 9.10. The van der Waals surface area contributed by atoms with Gasteiger partial charge in [0.1, 0.15) is 4.47 Å². The van der Waals surface area contributed by atoms with Gasteiger partial charge in [-0.2, -0.15) is 0 Å². The number of benzene rings is 1. The first kappa shape index (κ1) is 10.1. The summed E-state index contributed by atoms with van der Waals surface area (Å²) in [6.45, 7) is 0. The molecule has 0 saturated carbocycles. The lowest BCUT2D eigenvalue weighted by atomic mass is 10.2. The molecule has 0 spiro atoms. The van der Waals surface area contributed by atoms with Crippen molar-refractivity contribution in [2.45, 2.75) is 0 Å². The van der Waals surface area contributed by atoms with Crippen molar-refractivity contribution in [2.75, 3.05) is 20.0 Å². The average Bonchev–Trinajstić information content (AvgIpc) is 2.04. The van der Waals surface area contributed by atoms with E-state index in [0.29, 0.717) is 10.2 Å². The van der Waals surface area contributed by atoms with Crippen LogP contribution in [-0.2, 0) is 0 Å².